The summed E-state index contributed by atoms with van der Waals surface area (Å²) in [4.78, 5) is 22.4. The van der Waals surface area contributed by atoms with E-state index in [-0.39, 0.29) is 25.7 Å². The minimum atomic E-state index is -4.33. The first kappa shape index (κ1) is 41.7. The van der Waals surface area contributed by atoms with Crippen molar-refractivity contribution >= 4 is 13.7 Å². The van der Waals surface area contributed by atoms with Crippen LogP contribution in [0.2, 0.25) is 0 Å². The maximum atomic E-state index is 12.6. The second-order valence-electron chi connectivity index (χ2n) is 11.4. The quantitative estimate of drug-likeness (QED) is 0.0344. The van der Waals surface area contributed by atoms with E-state index in [1.807, 2.05) is 6.08 Å². The van der Waals surface area contributed by atoms with Crippen LogP contribution in [0, 0.1) is 0 Å². The van der Waals surface area contributed by atoms with Gasteiger partial charge in [0.2, 0.25) is 5.91 Å². The lowest BCUT2D eigenvalue weighted by atomic mass is 10.1. The Morgan fingerprint density at radius 2 is 1.28 bits per heavy atom. The third-order valence-electron chi connectivity index (χ3n) is 7.17. The summed E-state index contributed by atoms with van der Waals surface area (Å²) >= 11 is 0. The van der Waals surface area contributed by atoms with Crippen LogP contribution in [-0.4, -0.2) is 47.8 Å². The number of phosphoric ester groups is 1. The zero-order valence-electron chi connectivity index (χ0n) is 27.4. The molecule has 252 valence electrons. The Labute approximate surface area is 263 Å². The molecule has 1 amide bonds. The van der Waals surface area contributed by atoms with E-state index < -0.39 is 20.0 Å². The summed E-state index contributed by atoms with van der Waals surface area (Å²) in [6, 6.07) is -0.874. The van der Waals surface area contributed by atoms with Gasteiger partial charge in [-0.15, -0.1) is 0 Å². The molecule has 0 aromatic heterocycles. The van der Waals surface area contributed by atoms with Crippen LogP contribution < -0.4 is 11.1 Å². The lowest BCUT2D eigenvalue weighted by molar-refractivity contribution is -0.123. The van der Waals surface area contributed by atoms with E-state index in [1.54, 1.807) is 6.08 Å². The summed E-state index contributed by atoms with van der Waals surface area (Å²) in [7, 11) is -4.33. The molecule has 5 N–H and O–H groups in total. The van der Waals surface area contributed by atoms with Gasteiger partial charge in [-0.1, -0.05) is 121 Å². The van der Waals surface area contributed by atoms with Gasteiger partial charge < -0.3 is 21.1 Å². The highest BCUT2D eigenvalue weighted by molar-refractivity contribution is 7.47. The van der Waals surface area contributed by atoms with Crippen molar-refractivity contribution in [2.24, 2.45) is 5.73 Å². The molecule has 43 heavy (non-hydrogen) atoms. The van der Waals surface area contributed by atoms with E-state index in [9.17, 15) is 19.4 Å². The minimum absolute atomic E-state index is 0.0723. The van der Waals surface area contributed by atoms with E-state index >= 15 is 0 Å². The molecule has 0 spiro atoms. The summed E-state index contributed by atoms with van der Waals surface area (Å²) in [5.41, 5.74) is 5.32. The van der Waals surface area contributed by atoms with Gasteiger partial charge in [-0.2, -0.15) is 0 Å². The fourth-order valence-electron chi connectivity index (χ4n) is 4.56. The number of aliphatic hydroxyl groups excluding tert-OH is 1. The summed E-state index contributed by atoms with van der Waals surface area (Å²) < 4.78 is 21.9. The van der Waals surface area contributed by atoms with Gasteiger partial charge in [0.15, 0.2) is 0 Å². The third-order valence-corrected chi connectivity index (χ3v) is 8.15. The molecule has 0 aliphatic carbocycles. The van der Waals surface area contributed by atoms with Crippen molar-refractivity contribution in [3.8, 4) is 0 Å². The molecule has 8 nitrogen and oxygen atoms in total. The number of carbonyl (C=O) groups is 1. The summed E-state index contributed by atoms with van der Waals surface area (Å²) in [6.45, 7) is 3.97. The predicted molar refractivity (Wildman–Crippen MR) is 180 cm³/mol. The molecule has 0 fully saturated rings. The van der Waals surface area contributed by atoms with Crippen LogP contribution in [0.1, 0.15) is 142 Å². The Hall–Kier alpha value is -1.28. The lowest BCUT2D eigenvalue weighted by Gasteiger charge is -2.23. The smallest absolute Gasteiger partial charge is 0.387 e. The Bertz CT molecular complexity index is 774. The number of nitrogens with one attached hydrogen (secondary N) is 1. The Kier molecular flexibility index (Phi) is 29.8. The Morgan fingerprint density at radius 1 is 0.744 bits per heavy atom. The van der Waals surface area contributed by atoms with Crippen molar-refractivity contribution in [1.29, 1.82) is 0 Å². The van der Waals surface area contributed by atoms with Crippen molar-refractivity contribution in [2.45, 2.75) is 154 Å². The topological polar surface area (TPSA) is 131 Å². The fourth-order valence-corrected chi connectivity index (χ4v) is 5.32. The number of nitrogens with two attached hydrogens (primary N) is 1. The average molecular weight is 629 g/mol. The largest absolute Gasteiger partial charge is 0.472 e. The number of amides is 1. The number of carbonyl (C=O) groups excluding carboxylic acids is 1. The molecule has 0 radical (unpaired) electrons. The maximum Gasteiger partial charge on any atom is 0.472 e. The van der Waals surface area contributed by atoms with Gasteiger partial charge in [-0.05, 0) is 51.4 Å². The number of aliphatic hydroxyl groups is 1. The highest BCUT2D eigenvalue weighted by Crippen LogP contribution is 2.43. The minimum Gasteiger partial charge on any atom is -0.387 e. The Balaban J connectivity index is 4.24. The fraction of sp³-hybridized carbons (Fsp3) is 0.794. The first-order valence-electron chi connectivity index (χ1n) is 17.1. The van der Waals surface area contributed by atoms with Crippen LogP contribution in [0.5, 0.6) is 0 Å². The van der Waals surface area contributed by atoms with Gasteiger partial charge in [0.1, 0.15) is 0 Å². The maximum absolute atomic E-state index is 12.6. The van der Waals surface area contributed by atoms with E-state index in [0.29, 0.717) is 6.42 Å². The predicted octanol–water partition coefficient (Wildman–Crippen LogP) is 8.43. The van der Waals surface area contributed by atoms with Gasteiger partial charge in [-0.25, -0.2) is 4.57 Å². The zero-order chi connectivity index (χ0) is 31.9. The van der Waals surface area contributed by atoms with Gasteiger partial charge in [0, 0.05) is 13.0 Å². The van der Waals surface area contributed by atoms with Crippen LogP contribution in [0.4, 0.5) is 0 Å². The number of rotatable bonds is 31. The van der Waals surface area contributed by atoms with Crippen molar-refractivity contribution in [3.05, 3.63) is 36.5 Å². The molecule has 9 heteroatoms. The zero-order valence-corrected chi connectivity index (χ0v) is 28.3. The van der Waals surface area contributed by atoms with E-state index in [4.69, 9.17) is 14.8 Å². The van der Waals surface area contributed by atoms with Crippen LogP contribution >= 0.6 is 7.82 Å². The van der Waals surface area contributed by atoms with Crippen molar-refractivity contribution in [2.75, 3.05) is 19.8 Å². The molecule has 3 atom stereocenters. The molecule has 0 aliphatic rings. The Morgan fingerprint density at radius 3 is 1.88 bits per heavy atom. The van der Waals surface area contributed by atoms with Crippen LogP contribution in [0.15, 0.2) is 36.5 Å². The molecule has 3 unspecified atom stereocenters. The van der Waals surface area contributed by atoms with E-state index in [0.717, 1.165) is 44.9 Å². The molecule has 0 heterocycles. The lowest BCUT2D eigenvalue weighted by Crippen LogP contribution is -2.45. The summed E-state index contributed by atoms with van der Waals surface area (Å²) in [5, 5.41) is 13.4. The number of unbranched alkanes of at least 4 members (excludes halogenated alkanes) is 15. The van der Waals surface area contributed by atoms with Crippen molar-refractivity contribution < 1.29 is 28.4 Å². The first-order chi connectivity index (χ1) is 20.9. The average Bonchev–Trinajstić information content (AvgIpc) is 2.99. The molecule has 0 bridgehead atoms. The number of hydrogen-bond acceptors (Lipinski definition) is 6. The first-order valence-corrected chi connectivity index (χ1v) is 18.6. The van der Waals surface area contributed by atoms with Gasteiger partial charge in [-0.3, -0.25) is 13.8 Å². The van der Waals surface area contributed by atoms with Gasteiger partial charge in [0.25, 0.3) is 0 Å². The molecule has 0 aromatic rings. The molecule has 0 saturated heterocycles. The molecular weight excluding hydrogens is 563 g/mol. The van der Waals surface area contributed by atoms with E-state index in [2.05, 4.69) is 43.5 Å². The highest BCUT2D eigenvalue weighted by atomic mass is 31.2. The van der Waals surface area contributed by atoms with Gasteiger partial charge >= 0.3 is 7.82 Å². The van der Waals surface area contributed by atoms with Gasteiger partial charge in [0.05, 0.1) is 25.4 Å². The summed E-state index contributed by atoms with van der Waals surface area (Å²) in [6.07, 6.45) is 33.6. The summed E-state index contributed by atoms with van der Waals surface area (Å²) in [5.74, 6) is -0.216. The van der Waals surface area contributed by atoms with E-state index in [1.165, 1.54) is 77.0 Å². The van der Waals surface area contributed by atoms with Crippen molar-refractivity contribution in [3.63, 3.8) is 0 Å². The molecule has 0 rings (SSSR count). The van der Waals surface area contributed by atoms with Crippen LogP contribution in [-0.2, 0) is 18.4 Å². The molecule has 0 aliphatic heterocycles. The highest BCUT2D eigenvalue weighted by Gasteiger charge is 2.26. The standard InChI is InChI=1S/C34H65N2O6P/c1-3-5-7-9-11-12-13-14-15-16-17-18-19-20-22-24-26-28-34(38)36-32(31-42-43(39,40)41-30-29-35)33(37)27-25-23-21-10-8-6-4-2/h8,10,14-15,25,27,32-33,37H,3-7,9,11-13,16-24,26,28-31,35H2,1-2H3,(H,36,38)(H,39,40)/b10-8+,15-14-,27-25+. The molecular formula is C34H65N2O6P. The number of hydrogen-bond donors (Lipinski definition) is 4. The molecule has 0 saturated carbocycles. The van der Waals surface area contributed by atoms with Crippen molar-refractivity contribution in [1.82, 2.24) is 5.32 Å². The normalized spacial score (nSPS) is 15.0. The SMILES string of the molecule is CCC/C=C/CC/C=C/C(O)C(COP(=O)(O)OCCN)NC(=O)CCCCCCCCC/C=C\CCCCCCCC. The second-order valence-corrected chi connectivity index (χ2v) is 12.8. The number of allylic oxidation sites excluding steroid dienone is 5. The van der Waals surface area contributed by atoms with Crippen LogP contribution in [0.3, 0.4) is 0 Å². The second kappa shape index (κ2) is 30.7. The molecule has 0 aromatic carbocycles. The van der Waals surface area contributed by atoms with Crippen LogP contribution in [0.25, 0.3) is 0 Å². The third kappa shape index (κ3) is 29.2. The monoisotopic (exact) mass is 628 g/mol. The number of phosphoric acid groups is 1.